The molecule has 0 unspecified atom stereocenters. The summed E-state index contributed by atoms with van der Waals surface area (Å²) in [6.07, 6.45) is 0. The molecule has 6 nitrogen and oxygen atoms in total. The summed E-state index contributed by atoms with van der Waals surface area (Å²) >= 11 is 0. The second kappa shape index (κ2) is 8.84. The third-order valence-electron chi connectivity index (χ3n) is 6.02. The van der Waals surface area contributed by atoms with Crippen LogP contribution in [0, 0.1) is 6.92 Å². The second-order valence-electron chi connectivity index (χ2n) is 11.1. The molecule has 4 rings (SSSR count). The molecule has 35 heavy (non-hydrogen) atoms. The van der Waals surface area contributed by atoms with Crippen LogP contribution in [0.25, 0.3) is 16.7 Å². The quantitative estimate of drug-likeness (QED) is 0.346. The lowest BCUT2D eigenvalue weighted by molar-refractivity contribution is 0.0921. The third-order valence-corrected chi connectivity index (χ3v) is 6.02. The Morgan fingerprint density at radius 3 is 1.94 bits per heavy atom. The normalized spacial score (nSPS) is 12.2. The average molecular weight is 472 g/mol. The van der Waals surface area contributed by atoms with E-state index in [1.165, 1.54) is 0 Å². The fourth-order valence-electron chi connectivity index (χ4n) is 4.04. The molecule has 0 aliphatic rings. The Kier molecular flexibility index (Phi) is 6.18. The van der Waals surface area contributed by atoms with Crippen molar-refractivity contribution in [2.75, 3.05) is 6.61 Å². The van der Waals surface area contributed by atoms with Crippen molar-refractivity contribution in [1.29, 1.82) is 0 Å². The van der Waals surface area contributed by atoms with Gasteiger partial charge in [0.1, 0.15) is 28.2 Å². The fraction of sp³-hybridized carbons (Fsp3) is 0.345. The van der Waals surface area contributed by atoms with E-state index in [9.17, 15) is 9.90 Å². The van der Waals surface area contributed by atoms with Crippen molar-refractivity contribution in [3.05, 3.63) is 76.9 Å². The first kappa shape index (κ1) is 24.5. The lowest BCUT2D eigenvalue weighted by Gasteiger charge is -2.28. The zero-order valence-electron chi connectivity index (χ0n) is 21.5. The van der Waals surface area contributed by atoms with Gasteiger partial charge in [-0.25, -0.2) is 0 Å². The van der Waals surface area contributed by atoms with Crippen LogP contribution in [0.2, 0.25) is 0 Å². The number of aromatic hydroxyl groups is 1. The zero-order valence-corrected chi connectivity index (χ0v) is 21.5. The maximum absolute atomic E-state index is 13.3. The summed E-state index contributed by atoms with van der Waals surface area (Å²) in [5.74, 6) is 0.612. The summed E-state index contributed by atoms with van der Waals surface area (Å²) in [5, 5.41) is 20.1. The number of phenolic OH excluding ortho intramolecular Hbond substituents is 1. The van der Waals surface area contributed by atoms with Crippen LogP contribution < -0.4 is 4.74 Å². The lowest BCUT2D eigenvalue weighted by Crippen LogP contribution is -2.20. The second-order valence-corrected chi connectivity index (χ2v) is 11.1. The minimum Gasteiger partial charge on any atom is -0.507 e. The number of ketones is 1. The maximum atomic E-state index is 13.3. The van der Waals surface area contributed by atoms with Crippen LogP contribution in [0.15, 0.2) is 54.6 Å². The molecule has 1 aromatic heterocycles. The van der Waals surface area contributed by atoms with Gasteiger partial charge in [0.2, 0.25) is 0 Å². The highest BCUT2D eigenvalue weighted by molar-refractivity contribution is 5.98. The van der Waals surface area contributed by atoms with E-state index >= 15 is 0 Å². The van der Waals surface area contributed by atoms with E-state index in [4.69, 9.17) is 4.74 Å². The minimum atomic E-state index is -0.320. The Labute approximate surface area is 206 Å². The Bertz CT molecular complexity index is 1340. The fourth-order valence-corrected chi connectivity index (χ4v) is 4.04. The van der Waals surface area contributed by atoms with E-state index in [2.05, 4.69) is 10.2 Å². The van der Waals surface area contributed by atoms with Crippen LogP contribution in [0.1, 0.15) is 68.6 Å². The molecule has 182 valence electrons. The number of nitrogens with zero attached hydrogens (tertiary/aromatic N) is 3. The molecule has 0 atom stereocenters. The van der Waals surface area contributed by atoms with Gasteiger partial charge in [0.05, 0.1) is 0 Å². The number of rotatable bonds is 5. The van der Waals surface area contributed by atoms with Crippen LogP contribution in [-0.4, -0.2) is 32.5 Å². The van der Waals surface area contributed by atoms with Gasteiger partial charge in [-0.1, -0.05) is 59.7 Å². The van der Waals surface area contributed by atoms with Gasteiger partial charge in [0.25, 0.3) is 0 Å². The third kappa shape index (κ3) is 5.06. The summed E-state index contributed by atoms with van der Waals surface area (Å²) in [4.78, 5) is 14.8. The molecule has 6 heteroatoms. The van der Waals surface area contributed by atoms with Crippen LogP contribution in [0.5, 0.6) is 11.5 Å². The molecule has 0 spiro atoms. The molecule has 0 amide bonds. The number of ether oxygens (including phenoxy) is 1. The number of carbonyl (C=O) groups excluding carboxylic acids is 1. The highest BCUT2D eigenvalue weighted by Crippen LogP contribution is 2.40. The summed E-state index contributed by atoms with van der Waals surface area (Å²) in [6.45, 7) is 14.0. The van der Waals surface area contributed by atoms with E-state index < -0.39 is 0 Å². The van der Waals surface area contributed by atoms with Crippen molar-refractivity contribution in [2.24, 2.45) is 0 Å². The van der Waals surface area contributed by atoms with E-state index in [-0.39, 0.29) is 29.0 Å². The molecule has 0 saturated heterocycles. The topological polar surface area (TPSA) is 77.2 Å². The number of Topliss-reactive ketones (excluding diaryl/α,β-unsaturated/α-hetero) is 1. The van der Waals surface area contributed by atoms with Crippen molar-refractivity contribution in [2.45, 2.75) is 59.3 Å². The standard InChI is InChI=1S/C29H33N3O3/c1-18-12-13-26(24(14-18)32-30-22-10-8-9-11-23(22)31-32)35-17-25(33)19-15-20(28(2,3)4)27(34)21(16-19)29(5,6)7/h8-16,34H,17H2,1-7H3. The van der Waals surface area contributed by atoms with Crippen LogP contribution >= 0.6 is 0 Å². The number of phenols is 1. The highest BCUT2D eigenvalue weighted by atomic mass is 16.5. The molecule has 0 aliphatic carbocycles. The van der Waals surface area contributed by atoms with E-state index in [0.29, 0.717) is 17.0 Å². The monoisotopic (exact) mass is 471 g/mol. The molecule has 0 saturated carbocycles. The summed E-state index contributed by atoms with van der Waals surface area (Å²) in [7, 11) is 0. The molecule has 1 N–H and O–H groups in total. The number of benzene rings is 3. The first-order chi connectivity index (χ1) is 16.3. The predicted molar refractivity (Wildman–Crippen MR) is 139 cm³/mol. The largest absolute Gasteiger partial charge is 0.507 e. The molecular formula is C29H33N3O3. The first-order valence-electron chi connectivity index (χ1n) is 11.8. The minimum absolute atomic E-state index is 0.144. The molecule has 0 aliphatic heterocycles. The molecular weight excluding hydrogens is 438 g/mol. The number of aromatic nitrogens is 3. The Balaban J connectivity index is 1.67. The smallest absolute Gasteiger partial charge is 0.200 e. The number of hydrogen-bond acceptors (Lipinski definition) is 5. The van der Waals surface area contributed by atoms with Crippen LogP contribution in [0.3, 0.4) is 0 Å². The Morgan fingerprint density at radius 1 is 0.886 bits per heavy atom. The van der Waals surface area contributed by atoms with Gasteiger partial charge in [-0.05, 0) is 59.7 Å². The van der Waals surface area contributed by atoms with Crippen molar-refractivity contribution in [3.63, 3.8) is 0 Å². The van der Waals surface area contributed by atoms with Gasteiger partial charge < -0.3 is 9.84 Å². The maximum Gasteiger partial charge on any atom is 0.200 e. The van der Waals surface area contributed by atoms with Gasteiger partial charge in [-0.15, -0.1) is 15.0 Å². The SMILES string of the molecule is Cc1ccc(OCC(=O)c2cc(C(C)(C)C)c(O)c(C(C)(C)C)c2)c(-n2nc3ccccc3n2)c1. The van der Waals surface area contributed by atoms with Gasteiger partial charge in [0, 0.05) is 16.7 Å². The van der Waals surface area contributed by atoms with Gasteiger partial charge in [0.15, 0.2) is 12.4 Å². The number of aryl methyl sites for hydroxylation is 1. The number of hydrogen-bond donors (Lipinski definition) is 1. The molecule has 0 bridgehead atoms. The molecule has 1 heterocycles. The van der Waals surface area contributed by atoms with E-state index in [1.807, 2.05) is 90.9 Å². The van der Waals surface area contributed by atoms with Crippen LogP contribution in [-0.2, 0) is 10.8 Å². The average Bonchev–Trinajstić information content (AvgIpc) is 3.20. The van der Waals surface area contributed by atoms with Crippen molar-refractivity contribution in [1.82, 2.24) is 15.0 Å². The highest BCUT2D eigenvalue weighted by Gasteiger charge is 2.28. The van der Waals surface area contributed by atoms with E-state index in [1.54, 1.807) is 16.9 Å². The Morgan fingerprint density at radius 2 is 1.43 bits per heavy atom. The first-order valence-corrected chi connectivity index (χ1v) is 11.8. The van der Waals surface area contributed by atoms with Crippen LogP contribution in [0.4, 0.5) is 0 Å². The van der Waals surface area contributed by atoms with Crippen molar-refractivity contribution < 1.29 is 14.6 Å². The summed E-state index contributed by atoms with van der Waals surface area (Å²) < 4.78 is 6.03. The lowest BCUT2D eigenvalue weighted by atomic mass is 9.78. The van der Waals surface area contributed by atoms with Gasteiger partial charge >= 0.3 is 0 Å². The van der Waals surface area contributed by atoms with Gasteiger partial charge in [-0.2, -0.15) is 0 Å². The summed E-state index contributed by atoms with van der Waals surface area (Å²) in [6, 6.07) is 16.9. The van der Waals surface area contributed by atoms with E-state index in [0.717, 1.165) is 27.7 Å². The van der Waals surface area contributed by atoms with Crippen molar-refractivity contribution in [3.8, 4) is 17.2 Å². The summed E-state index contributed by atoms with van der Waals surface area (Å²) in [5.41, 5.74) is 4.64. The van der Waals surface area contributed by atoms with Crippen molar-refractivity contribution >= 4 is 16.8 Å². The van der Waals surface area contributed by atoms with Gasteiger partial charge in [-0.3, -0.25) is 4.79 Å². The predicted octanol–water partition coefficient (Wildman–Crippen LogP) is 6.29. The number of fused-ring (bicyclic) bond motifs is 1. The molecule has 4 aromatic rings. The molecule has 0 radical (unpaired) electrons. The molecule has 0 fully saturated rings. The molecule has 3 aromatic carbocycles. The Hall–Kier alpha value is -3.67. The zero-order chi connectivity index (χ0) is 25.5. The number of carbonyl (C=O) groups is 1.